The Bertz CT molecular complexity index is 409. The van der Waals surface area contributed by atoms with Crippen molar-refractivity contribution in [3.8, 4) is 0 Å². The van der Waals surface area contributed by atoms with Gasteiger partial charge in [-0.1, -0.05) is 25.4 Å². The molecular weight excluding hydrogens is 272 g/mol. The first-order valence-corrected chi connectivity index (χ1v) is 7.64. The average molecular weight is 299 g/mol. The minimum atomic E-state index is 0.337. The fraction of sp³-hybridized carbons (Fsp3) is 0.625. The molecule has 114 valence electrons. The van der Waals surface area contributed by atoms with Crippen LogP contribution >= 0.6 is 11.6 Å². The highest BCUT2D eigenvalue weighted by atomic mass is 35.5. The maximum absolute atomic E-state index is 6.15. The predicted octanol–water partition coefficient (Wildman–Crippen LogP) is 3.70. The zero-order valence-electron chi connectivity index (χ0n) is 13.2. The van der Waals surface area contributed by atoms with E-state index in [1.165, 1.54) is 11.3 Å². The van der Waals surface area contributed by atoms with Crippen LogP contribution in [0, 0.1) is 0 Å². The highest BCUT2D eigenvalue weighted by Crippen LogP contribution is 2.26. The van der Waals surface area contributed by atoms with Crippen molar-refractivity contribution in [3.05, 3.63) is 28.8 Å². The van der Waals surface area contributed by atoms with E-state index in [4.69, 9.17) is 16.3 Å². The third-order valence-corrected chi connectivity index (χ3v) is 3.57. The minimum Gasteiger partial charge on any atom is -0.383 e. The van der Waals surface area contributed by atoms with Gasteiger partial charge in [0.2, 0.25) is 0 Å². The first kappa shape index (κ1) is 17.3. The Morgan fingerprint density at radius 3 is 2.55 bits per heavy atom. The molecule has 0 aromatic heterocycles. The first-order valence-electron chi connectivity index (χ1n) is 7.27. The van der Waals surface area contributed by atoms with Crippen LogP contribution in [0.3, 0.4) is 0 Å². The average Bonchev–Trinajstić information content (AvgIpc) is 2.39. The van der Waals surface area contributed by atoms with Gasteiger partial charge in [0.15, 0.2) is 0 Å². The summed E-state index contributed by atoms with van der Waals surface area (Å²) in [4.78, 5) is 2.36. The Hall–Kier alpha value is -0.770. The molecule has 0 fully saturated rings. The van der Waals surface area contributed by atoms with Gasteiger partial charge in [0, 0.05) is 43.0 Å². The van der Waals surface area contributed by atoms with Crippen LogP contribution in [0.1, 0.15) is 33.3 Å². The number of hydrogen-bond donors (Lipinski definition) is 1. The minimum absolute atomic E-state index is 0.337. The smallest absolute Gasteiger partial charge is 0.0663 e. The summed E-state index contributed by atoms with van der Waals surface area (Å²) in [6.45, 7) is 11.1. The molecule has 0 aliphatic heterocycles. The van der Waals surface area contributed by atoms with Crippen molar-refractivity contribution < 1.29 is 4.74 Å². The quantitative estimate of drug-likeness (QED) is 0.792. The van der Waals surface area contributed by atoms with Gasteiger partial charge in [0.25, 0.3) is 0 Å². The van der Waals surface area contributed by atoms with E-state index in [-0.39, 0.29) is 0 Å². The summed E-state index contributed by atoms with van der Waals surface area (Å²) in [5.41, 5.74) is 2.46. The lowest BCUT2D eigenvalue weighted by atomic mass is 10.1. The molecule has 0 heterocycles. The number of anilines is 1. The van der Waals surface area contributed by atoms with Crippen molar-refractivity contribution in [2.24, 2.45) is 0 Å². The van der Waals surface area contributed by atoms with Gasteiger partial charge in [0.05, 0.1) is 6.61 Å². The molecule has 0 spiro atoms. The van der Waals surface area contributed by atoms with Crippen LogP contribution < -0.4 is 10.2 Å². The Labute approximate surface area is 128 Å². The topological polar surface area (TPSA) is 24.5 Å². The van der Waals surface area contributed by atoms with E-state index in [0.29, 0.717) is 18.7 Å². The molecule has 1 rings (SSSR count). The lowest BCUT2D eigenvalue weighted by Gasteiger charge is -2.32. The van der Waals surface area contributed by atoms with E-state index in [1.54, 1.807) is 7.11 Å². The molecular formula is C16H27ClN2O. The van der Waals surface area contributed by atoms with Crippen molar-refractivity contribution in [2.45, 2.75) is 46.3 Å². The number of methoxy groups -OCH3 is 1. The van der Waals surface area contributed by atoms with Gasteiger partial charge in [-0.25, -0.2) is 0 Å². The van der Waals surface area contributed by atoms with Crippen molar-refractivity contribution in [2.75, 3.05) is 25.2 Å². The molecule has 1 aromatic rings. The van der Waals surface area contributed by atoms with Crippen LogP contribution in [-0.4, -0.2) is 32.3 Å². The lowest BCUT2D eigenvalue weighted by molar-refractivity contribution is 0.182. The monoisotopic (exact) mass is 298 g/mol. The second kappa shape index (κ2) is 8.50. The van der Waals surface area contributed by atoms with Gasteiger partial charge in [-0.3, -0.25) is 0 Å². The summed E-state index contributed by atoms with van der Waals surface area (Å²) in [5, 5.41) is 4.24. The Morgan fingerprint density at radius 2 is 2.00 bits per heavy atom. The van der Waals surface area contributed by atoms with Crippen LogP contribution in [0.25, 0.3) is 0 Å². The molecule has 4 heteroatoms. The van der Waals surface area contributed by atoms with Gasteiger partial charge in [-0.05, 0) is 37.6 Å². The number of nitrogens with one attached hydrogen (secondary N) is 1. The van der Waals surface area contributed by atoms with Crippen molar-refractivity contribution in [1.29, 1.82) is 0 Å². The maximum Gasteiger partial charge on any atom is 0.0663 e. The first-order chi connectivity index (χ1) is 9.49. The van der Waals surface area contributed by atoms with Gasteiger partial charge < -0.3 is 15.0 Å². The SMILES string of the molecule is CCN(c1ccc(Cl)cc1CNC(C)C)C(C)COC. The maximum atomic E-state index is 6.15. The van der Waals surface area contributed by atoms with Gasteiger partial charge >= 0.3 is 0 Å². The summed E-state index contributed by atoms with van der Waals surface area (Å²) < 4.78 is 5.29. The Morgan fingerprint density at radius 1 is 1.30 bits per heavy atom. The van der Waals surface area contributed by atoms with E-state index in [9.17, 15) is 0 Å². The van der Waals surface area contributed by atoms with Crippen molar-refractivity contribution in [1.82, 2.24) is 5.32 Å². The van der Waals surface area contributed by atoms with Crippen molar-refractivity contribution in [3.63, 3.8) is 0 Å². The molecule has 0 saturated heterocycles. The number of likely N-dealkylation sites (N-methyl/N-ethyl adjacent to an activating group) is 1. The highest BCUT2D eigenvalue weighted by molar-refractivity contribution is 6.30. The predicted molar refractivity (Wildman–Crippen MR) is 87.8 cm³/mol. The second-order valence-corrected chi connectivity index (χ2v) is 5.84. The molecule has 3 nitrogen and oxygen atoms in total. The van der Waals surface area contributed by atoms with Crippen LogP contribution in [-0.2, 0) is 11.3 Å². The number of benzene rings is 1. The molecule has 1 N–H and O–H groups in total. The molecule has 0 aliphatic carbocycles. The molecule has 20 heavy (non-hydrogen) atoms. The third-order valence-electron chi connectivity index (χ3n) is 3.33. The fourth-order valence-electron chi connectivity index (χ4n) is 2.34. The van der Waals surface area contributed by atoms with Crippen LogP contribution in [0.15, 0.2) is 18.2 Å². The molecule has 0 saturated carbocycles. The summed E-state index contributed by atoms with van der Waals surface area (Å²) in [5.74, 6) is 0. The zero-order chi connectivity index (χ0) is 15.1. The number of hydrogen-bond acceptors (Lipinski definition) is 3. The number of ether oxygens (including phenoxy) is 1. The van der Waals surface area contributed by atoms with E-state index >= 15 is 0 Å². The lowest BCUT2D eigenvalue weighted by Crippen LogP contribution is -2.37. The van der Waals surface area contributed by atoms with Gasteiger partial charge in [-0.2, -0.15) is 0 Å². The van der Waals surface area contributed by atoms with Crippen molar-refractivity contribution >= 4 is 17.3 Å². The third kappa shape index (κ3) is 4.97. The Kier molecular flexibility index (Phi) is 7.35. The number of rotatable bonds is 8. The number of nitrogens with zero attached hydrogens (tertiary/aromatic N) is 1. The zero-order valence-corrected chi connectivity index (χ0v) is 14.0. The molecule has 0 aliphatic rings. The van der Waals surface area contributed by atoms with Gasteiger partial charge in [-0.15, -0.1) is 0 Å². The second-order valence-electron chi connectivity index (χ2n) is 5.40. The highest BCUT2D eigenvalue weighted by Gasteiger charge is 2.16. The summed E-state index contributed by atoms with van der Waals surface area (Å²) in [6.07, 6.45) is 0. The van der Waals surface area contributed by atoms with Crippen LogP contribution in [0.4, 0.5) is 5.69 Å². The van der Waals surface area contributed by atoms with E-state index in [0.717, 1.165) is 18.1 Å². The van der Waals surface area contributed by atoms with Crippen LogP contribution in [0.2, 0.25) is 5.02 Å². The molecule has 0 amide bonds. The Balaban J connectivity index is 3.00. The van der Waals surface area contributed by atoms with Gasteiger partial charge in [0.1, 0.15) is 0 Å². The largest absolute Gasteiger partial charge is 0.383 e. The molecule has 1 atom stereocenters. The molecule has 0 radical (unpaired) electrons. The molecule has 0 bridgehead atoms. The standard InChI is InChI=1S/C16H27ClN2O/c1-6-19(13(4)11-20-5)16-8-7-15(17)9-14(16)10-18-12(2)3/h7-9,12-13,18H,6,10-11H2,1-5H3. The fourth-order valence-corrected chi connectivity index (χ4v) is 2.54. The molecule has 1 unspecified atom stereocenters. The normalized spacial score (nSPS) is 12.8. The summed E-state index contributed by atoms with van der Waals surface area (Å²) in [6, 6.07) is 6.90. The van der Waals surface area contributed by atoms with E-state index in [1.807, 2.05) is 6.07 Å². The summed E-state index contributed by atoms with van der Waals surface area (Å²) >= 11 is 6.15. The molecule has 1 aromatic carbocycles. The van der Waals surface area contributed by atoms with E-state index in [2.05, 4.69) is 50.0 Å². The van der Waals surface area contributed by atoms with E-state index < -0.39 is 0 Å². The van der Waals surface area contributed by atoms with Crippen LogP contribution in [0.5, 0.6) is 0 Å². The summed E-state index contributed by atoms with van der Waals surface area (Å²) in [7, 11) is 1.74. The number of halogens is 1.